The highest BCUT2D eigenvalue weighted by Crippen LogP contribution is 2.46. The van der Waals surface area contributed by atoms with E-state index in [0.29, 0.717) is 21.7 Å². The molecule has 0 spiro atoms. The fourth-order valence-electron chi connectivity index (χ4n) is 2.77. The summed E-state index contributed by atoms with van der Waals surface area (Å²) in [5.74, 6) is 0. The quantitative estimate of drug-likeness (QED) is 0.382. The summed E-state index contributed by atoms with van der Waals surface area (Å²) in [5, 5.41) is 0.986. The lowest BCUT2D eigenvalue weighted by Crippen LogP contribution is -2.22. The van der Waals surface area contributed by atoms with Crippen LogP contribution >= 0.6 is 7.14 Å². The van der Waals surface area contributed by atoms with Gasteiger partial charge in [0.15, 0.2) is 0 Å². The van der Waals surface area contributed by atoms with Crippen LogP contribution in [0.1, 0.15) is 15.9 Å². The topological polar surface area (TPSA) is 63.6 Å². The van der Waals surface area contributed by atoms with Gasteiger partial charge in [-0.2, -0.15) is 0 Å². The first kappa shape index (κ1) is 17.8. The third-order valence-electron chi connectivity index (χ3n) is 4.03. The van der Waals surface area contributed by atoms with Crippen molar-refractivity contribution in [1.29, 1.82) is 0 Å². The zero-order valence-electron chi connectivity index (χ0n) is 13.9. The van der Waals surface area contributed by atoms with Crippen LogP contribution < -0.4 is 10.6 Å². The van der Waals surface area contributed by atoms with Crippen molar-refractivity contribution in [2.75, 3.05) is 0 Å². The van der Waals surface area contributed by atoms with Crippen LogP contribution in [0.25, 0.3) is 0 Å². The summed E-state index contributed by atoms with van der Waals surface area (Å²) in [4.78, 5) is 27.2. The normalized spacial score (nSPS) is 10.8. The van der Waals surface area contributed by atoms with Gasteiger partial charge in [-0.3, -0.25) is 4.79 Å². The van der Waals surface area contributed by atoms with E-state index in [1.807, 2.05) is 12.1 Å². The van der Waals surface area contributed by atoms with Gasteiger partial charge in [0.05, 0.1) is 6.54 Å². The molecule has 0 saturated heterocycles. The second-order valence-corrected chi connectivity index (χ2v) is 8.35. The van der Waals surface area contributed by atoms with Gasteiger partial charge >= 0.3 is 0 Å². The lowest BCUT2D eigenvalue weighted by atomic mass is 10.1. The molecule has 128 valence electrons. The molecular formula is C21H16NO3P. The zero-order chi connectivity index (χ0) is 18.4. The van der Waals surface area contributed by atoms with E-state index in [0.717, 1.165) is 0 Å². The molecule has 4 nitrogen and oxygen atoms in total. The molecule has 26 heavy (non-hydrogen) atoms. The Morgan fingerprint density at radius 1 is 0.846 bits per heavy atom. The number of rotatable bonds is 6. The number of carbonyl (C=O) groups is 1. The number of carbonyl (C=O) groups excluding carboxylic acids is 2. The Morgan fingerprint density at radius 2 is 1.42 bits per heavy atom. The van der Waals surface area contributed by atoms with Crippen LogP contribution in [0, 0.1) is 0 Å². The minimum absolute atomic E-state index is 0.131. The summed E-state index contributed by atoms with van der Waals surface area (Å²) in [6, 6.07) is 24.3. The molecule has 0 atom stereocenters. The Balaban J connectivity index is 2.13. The Morgan fingerprint density at radius 3 is 1.96 bits per heavy atom. The van der Waals surface area contributed by atoms with E-state index in [1.54, 1.807) is 72.8 Å². The molecule has 0 saturated carbocycles. The second-order valence-electron chi connectivity index (χ2n) is 5.69. The van der Waals surface area contributed by atoms with Crippen molar-refractivity contribution in [3.05, 3.63) is 96.1 Å². The van der Waals surface area contributed by atoms with Gasteiger partial charge in [0.25, 0.3) is 0 Å². The molecule has 0 aliphatic rings. The second kappa shape index (κ2) is 7.88. The molecule has 3 rings (SSSR count). The predicted molar refractivity (Wildman–Crippen MR) is 102 cm³/mol. The molecule has 0 amide bonds. The summed E-state index contributed by atoms with van der Waals surface area (Å²) >= 11 is 0. The zero-order valence-corrected chi connectivity index (χ0v) is 14.8. The highest BCUT2D eigenvalue weighted by molar-refractivity contribution is 7.93. The van der Waals surface area contributed by atoms with Gasteiger partial charge in [-0.1, -0.05) is 78.9 Å². The SMILES string of the molecule is O=C=NCc1cccc(C(=O)P(=O)(c2ccccc2)c2ccccc2)c1. The summed E-state index contributed by atoms with van der Waals surface area (Å²) in [7, 11) is -3.53. The number of aliphatic imine (C=N–C) groups is 1. The standard InChI is InChI=1S/C21H16NO3P/c23-16-22-15-17-8-7-9-18(14-17)21(24)26(25,19-10-3-1-4-11-19)20-12-5-2-6-13-20/h1-14H,15H2. The lowest BCUT2D eigenvalue weighted by molar-refractivity contribution is 0.107. The summed E-state index contributed by atoms with van der Waals surface area (Å²) < 4.78 is 14.0. The summed E-state index contributed by atoms with van der Waals surface area (Å²) in [6.07, 6.45) is 1.48. The number of hydrogen-bond donors (Lipinski definition) is 0. The molecule has 0 unspecified atom stereocenters. The number of nitrogens with zero attached hydrogens (tertiary/aromatic N) is 1. The molecule has 5 heteroatoms. The molecule has 0 aromatic heterocycles. The van der Waals surface area contributed by atoms with Gasteiger partial charge in [-0.15, -0.1) is 0 Å². The first-order chi connectivity index (χ1) is 12.7. The minimum atomic E-state index is -3.53. The van der Waals surface area contributed by atoms with Gasteiger partial charge in [-0.25, -0.2) is 9.79 Å². The van der Waals surface area contributed by atoms with Crippen molar-refractivity contribution in [2.24, 2.45) is 4.99 Å². The number of isocyanates is 1. The molecule has 0 aliphatic heterocycles. The average molecular weight is 361 g/mol. The van der Waals surface area contributed by atoms with Crippen LogP contribution in [0.15, 0.2) is 89.9 Å². The highest BCUT2D eigenvalue weighted by Gasteiger charge is 2.36. The summed E-state index contributed by atoms with van der Waals surface area (Å²) in [6.45, 7) is 0.131. The van der Waals surface area contributed by atoms with Crippen molar-refractivity contribution in [2.45, 2.75) is 6.54 Å². The van der Waals surface area contributed by atoms with Crippen LogP contribution in [-0.2, 0) is 15.9 Å². The third kappa shape index (κ3) is 3.48. The predicted octanol–water partition coefficient (Wildman–Crippen LogP) is 3.68. The smallest absolute Gasteiger partial charge is 0.235 e. The Bertz CT molecular complexity index is 966. The van der Waals surface area contributed by atoms with Crippen LogP contribution in [0.4, 0.5) is 0 Å². The van der Waals surface area contributed by atoms with E-state index >= 15 is 0 Å². The molecule has 0 bridgehead atoms. The van der Waals surface area contributed by atoms with Crippen molar-refractivity contribution < 1.29 is 14.2 Å². The number of benzene rings is 3. The molecule has 0 fully saturated rings. The average Bonchev–Trinajstić information content (AvgIpc) is 2.72. The van der Waals surface area contributed by atoms with Crippen molar-refractivity contribution in [3.63, 3.8) is 0 Å². The van der Waals surface area contributed by atoms with E-state index in [2.05, 4.69) is 4.99 Å². The van der Waals surface area contributed by atoms with E-state index in [-0.39, 0.29) is 6.54 Å². The first-order valence-electron chi connectivity index (χ1n) is 8.05. The molecule has 3 aromatic rings. The fourth-order valence-corrected chi connectivity index (χ4v) is 5.22. The molecular weight excluding hydrogens is 345 g/mol. The van der Waals surface area contributed by atoms with Gasteiger partial charge in [0, 0.05) is 16.2 Å². The van der Waals surface area contributed by atoms with Gasteiger partial charge in [0.2, 0.25) is 18.7 Å². The van der Waals surface area contributed by atoms with Gasteiger partial charge in [-0.05, 0) is 11.6 Å². The van der Waals surface area contributed by atoms with Crippen LogP contribution in [0.3, 0.4) is 0 Å². The van der Waals surface area contributed by atoms with Crippen LogP contribution in [-0.4, -0.2) is 11.6 Å². The molecule has 0 radical (unpaired) electrons. The monoisotopic (exact) mass is 361 g/mol. The van der Waals surface area contributed by atoms with E-state index in [1.165, 1.54) is 6.08 Å². The number of hydrogen-bond acceptors (Lipinski definition) is 4. The van der Waals surface area contributed by atoms with Crippen LogP contribution in [0.2, 0.25) is 0 Å². The maximum atomic E-state index is 14.0. The van der Waals surface area contributed by atoms with Gasteiger partial charge in [0.1, 0.15) is 0 Å². The van der Waals surface area contributed by atoms with Crippen molar-refractivity contribution >= 4 is 29.4 Å². The van der Waals surface area contributed by atoms with E-state index in [9.17, 15) is 14.2 Å². The first-order valence-corrected chi connectivity index (χ1v) is 9.75. The Labute approximate surface area is 151 Å². The maximum absolute atomic E-state index is 14.0. The molecule has 0 heterocycles. The van der Waals surface area contributed by atoms with Gasteiger partial charge < -0.3 is 4.57 Å². The van der Waals surface area contributed by atoms with Crippen molar-refractivity contribution in [1.82, 2.24) is 0 Å². The van der Waals surface area contributed by atoms with Crippen molar-refractivity contribution in [3.8, 4) is 0 Å². The van der Waals surface area contributed by atoms with E-state index < -0.39 is 12.7 Å². The molecule has 0 aliphatic carbocycles. The molecule has 3 aromatic carbocycles. The summed E-state index contributed by atoms with van der Waals surface area (Å²) in [5.41, 5.74) is 0.582. The maximum Gasteiger partial charge on any atom is 0.235 e. The fraction of sp³-hybridized carbons (Fsp3) is 0.0476. The van der Waals surface area contributed by atoms with Crippen LogP contribution in [0.5, 0.6) is 0 Å². The third-order valence-corrected chi connectivity index (χ3v) is 6.91. The minimum Gasteiger partial charge on any atom is -0.305 e. The Hall–Kier alpha value is -3.06. The highest BCUT2D eigenvalue weighted by atomic mass is 31.2. The Kier molecular flexibility index (Phi) is 5.38. The lowest BCUT2D eigenvalue weighted by Gasteiger charge is -2.18. The van der Waals surface area contributed by atoms with E-state index in [4.69, 9.17) is 0 Å². The largest absolute Gasteiger partial charge is 0.305 e. The molecule has 0 N–H and O–H groups in total.